The molecule has 7 heteroatoms. The minimum absolute atomic E-state index is 0.124. The number of rotatable bonds is 4. The molecule has 148 valence electrons. The van der Waals surface area contributed by atoms with E-state index in [1.54, 1.807) is 24.5 Å². The van der Waals surface area contributed by atoms with E-state index in [-0.39, 0.29) is 22.6 Å². The summed E-state index contributed by atoms with van der Waals surface area (Å²) in [4.78, 5) is 41.8. The molecule has 2 heterocycles. The number of Topliss-reactive ketones (excluding diaryl/α,β-unsaturated/α-hetero) is 1. The van der Waals surface area contributed by atoms with Crippen molar-refractivity contribution >= 4 is 29.4 Å². The zero-order chi connectivity index (χ0) is 21.1. The highest BCUT2D eigenvalue weighted by molar-refractivity contribution is 6.36. The second-order valence-electron chi connectivity index (χ2n) is 6.70. The molecule has 1 aliphatic heterocycles. The summed E-state index contributed by atoms with van der Waals surface area (Å²) in [6, 6.07) is 13.7. The number of carbonyl (C=O) groups excluding carboxylic acids is 3. The van der Waals surface area contributed by atoms with Crippen LogP contribution >= 0.6 is 0 Å². The lowest BCUT2D eigenvalue weighted by molar-refractivity contribution is -0.112. The smallest absolute Gasteiger partial charge is 0.259 e. The molecule has 0 atom stereocenters. The van der Waals surface area contributed by atoms with Gasteiger partial charge >= 0.3 is 0 Å². The van der Waals surface area contributed by atoms with E-state index in [0.29, 0.717) is 17.8 Å². The molecule has 1 aromatic heterocycles. The first kappa shape index (κ1) is 19.2. The predicted octanol–water partition coefficient (Wildman–Crippen LogP) is 3.37. The van der Waals surface area contributed by atoms with Gasteiger partial charge in [0.2, 0.25) is 5.78 Å². The Morgan fingerprint density at radius 3 is 2.73 bits per heavy atom. The monoisotopic (exact) mass is 401 g/mol. The van der Waals surface area contributed by atoms with Crippen LogP contribution in [0.25, 0.3) is 6.08 Å². The molecule has 3 aromatic rings. The Labute approximate surface area is 171 Å². The van der Waals surface area contributed by atoms with Gasteiger partial charge in [-0.05, 0) is 53.6 Å². The van der Waals surface area contributed by atoms with Gasteiger partial charge < -0.3 is 10.6 Å². The summed E-state index contributed by atoms with van der Waals surface area (Å²) in [7, 11) is 0. The average Bonchev–Trinajstić information content (AvgIpc) is 2.75. The van der Waals surface area contributed by atoms with Crippen LogP contribution in [0.15, 0.2) is 72.6 Å². The molecule has 4 rings (SSSR count). The van der Waals surface area contributed by atoms with E-state index in [1.807, 2.05) is 6.07 Å². The molecule has 2 aromatic carbocycles. The number of nitrogens with zero attached hydrogens (tertiary/aromatic N) is 1. The molecule has 1 aliphatic rings. The SMILES string of the molecule is O=C1Nc2ccc(C(=O)NCc3cccnc3)cc2C(=O)/C1=C/c1cccc(F)c1. The standard InChI is InChI=1S/C23H16FN3O3/c24-17-5-1-3-14(9-17)10-19-21(28)18-11-16(6-7-20(18)27-23(19)30)22(29)26-13-15-4-2-8-25-12-15/h1-12H,13H2,(H,26,29)(H,27,30)/b19-10-. The van der Waals surface area contributed by atoms with E-state index in [4.69, 9.17) is 0 Å². The fourth-order valence-electron chi connectivity index (χ4n) is 3.10. The molecule has 30 heavy (non-hydrogen) atoms. The number of ketones is 1. The van der Waals surface area contributed by atoms with Crippen molar-refractivity contribution in [1.82, 2.24) is 10.3 Å². The molecule has 0 saturated carbocycles. The summed E-state index contributed by atoms with van der Waals surface area (Å²) in [6.07, 6.45) is 4.62. The molecule has 0 bridgehead atoms. The highest BCUT2D eigenvalue weighted by Crippen LogP contribution is 2.27. The number of halogens is 1. The molecular weight excluding hydrogens is 385 g/mol. The van der Waals surface area contributed by atoms with Crippen LogP contribution in [-0.2, 0) is 11.3 Å². The van der Waals surface area contributed by atoms with Crippen molar-refractivity contribution in [3.05, 3.63) is 101 Å². The van der Waals surface area contributed by atoms with Gasteiger partial charge in [-0.1, -0.05) is 18.2 Å². The molecule has 0 unspecified atom stereocenters. The number of amides is 2. The third kappa shape index (κ3) is 4.00. The van der Waals surface area contributed by atoms with Gasteiger partial charge in [0.25, 0.3) is 11.8 Å². The highest BCUT2D eigenvalue weighted by atomic mass is 19.1. The summed E-state index contributed by atoms with van der Waals surface area (Å²) in [5.41, 5.74) is 1.92. The third-order valence-electron chi connectivity index (χ3n) is 4.60. The maximum atomic E-state index is 13.4. The number of carbonyl (C=O) groups is 3. The van der Waals surface area contributed by atoms with Gasteiger partial charge in [0.05, 0.1) is 11.3 Å². The molecule has 6 nitrogen and oxygen atoms in total. The number of hydrogen-bond acceptors (Lipinski definition) is 4. The zero-order valence-corrected chi connectivity index (χ0v) is 15.7. The first-order valence-corrected chi connectivity index (χ1v) is 9.16. The Balaban J connectivity index is 1.59. The van der Waals surface area contributed by atoms with Crippen molar-refractivity contribution in [2.24, 2.45) is 0 Å². The first-order chi connectivity index (χ1) is 14.5. The summed E-state index contributed by atoms with van der Waals surface area (Å²) in [5.74, 6) is -1.94. The quantitative estimate of drug-likeness (QED) is 0.518. The van der Waals surface area contributed by atoms with Crippen LogP contribution in [0.3, 0.4) is 0 Å². The van der Waals surface area contributed by atoms with Crippen molar-refractivity contribution in [2.45, 2.75) is 6.54 Å². The number of aromatic nitrogens is 1. The summed E-state index contributed by atoms with van der Waals surface area (Å²) in [5, 5.41) is 5.41. The number of hydrogen-bond donors (Lipinski definition) is 2. The molecule has 0 aliphatic carbocycles. The van der Waals surface area contributed by atoms with Gasteiger partial charge in [0, 0.05) is 30.1 Å². The number of nitrogens with one attached hydrogen (secondary N) is 2. The number of pyridine rings is 1. The maximum absolute atomic E-state index is 13.4. The van der Waals surface area contributed by atoms with Crippen molar-refractivity contribution in [3.8, 4) is 0 Å². The Bertz CT molecular complexity index is 1190. The van der Waals surface area contributed by atoms with E-state index < -0.39 is 17.5 Å². The summed E-state index contributed by atoms with van der Waals surface area (Å²) < 4.78 is 13.4. The Hall–Kier alpha value is -4.13. The van der Waals surface area contributed by atoms with Gasteiger partial charge in [0.15, 0.2) is 0 Å². The summed E-state index contributed by atoms with van der Waals surface area (Å²) >= 11 is 0. The normalized spacial score (nSPS) is 14.2. The van der Waals surface area contributed by atoms with Gasteiger partial charge in [0.1, 0.15) is 5.82 Å². The number of fused-ring (bicyclic) bond motifs is 1. The predicted molar refractivity (Wildman–Crippen MR) is 109 cm³/mol. The minimum atomic E-state index is -0.578. The highest BCUT2D eigenvalue weighted by Gasteiger charge is 2.29. The van der Waals surface area contributed by atoms with Crippen molar-refractivity contribution in [2.75, 3.05) is 5.32 Å². The fourth-order valence-corrected chi connectivity index (χ4v) is 3.10. The largest absolute Gasteiger partial charge is 0.348 e. The Morgan fingerprint density at radius 2 is 1.97 bits per heavy atom. The molecule has 0 spiro atoms. The van der Waals surface area contributed by atoms with E-state index >= 15 is 0 Å². The number of anilines is 1. The molecule has 2 amide bonds. The lowest BCUT2D eigenvalue weighted by Gasteiger charge is -2.19. The molecule has 2 N–H and O–H groups in total. The van der Waals surface area contributed by atoms with E-state index in [9.17, 15) is 18.8 Å². The van der Waals surface area contributed by atoms with Crippen molar-refractivity contribution < 1.29 is 18.8 Å². The van der Waals surface area contributed by atoms with Gasteiger partial charge in [-0.25, -0.2) is 4.39 Å². The first-order valence-electron chi connectivity index (χ1n) is 9.16. The van der Waals surface area contributed by atoms with Crippen LogP contribution in [0.2, 0.25) is 0 Å². The second kappa shape index (κ2) is 8.08. The molecule has 0 fully saturated rings. The molecular formula is C23H16FN3O3. The minimum Gasteiger partial charge on any atom is -0.348 e. The van der Waals surface area contributed by atoms with Gasteiger partial charge in [-0.3, -0.25) is 19.4 Å². The van der Waals surface area contributed by atoms with E-state index in [0.717, 1.165) is 5.56 Å². The van der Waals surface area contributed by atoms with Gasteiger partial charge in [-0.15, -0.1) is 0 Å². The lowest BCUT2D eigenvalue weighted by Crippen LogP contribution is -2.28. The average molecular weight is 401 g/mol. The summed E-state index contributed by atoms with van der Waals surface area (Å²) in [6.45, 7) is 0.291. The third-order valence-corrected chi connectivity index (χ3v) is 4.60. The van der Waals surface area contributed by atoms with Crippen LogP contribution < -0.4 is 10.6 Å². The van der Waals surface area contributed by atoms with Crippen LogP contribution in [0.5, 0.6) is 0 Å². The Kier molecular flexibility index (Phi) is 5.17. The topological polar surface area (TPSA) is 88.2 Å². The molecule has 0 radical (unpaired) electrons. The zero-order valence-electron chi connectivity index (χ0n) is 15.7. The molecule has 0 saturated heterocycles. The fraction of sp³-hybridized carbons (Fsp3) is 0.0435. The number of benzene rings is 2. The van der Waals surface area contributed by atoms with E-state index in [1.165, 1.54) is 42.5 Å². The van der Waals surface area contributed by atoms with Crippen molar-refractivity contribution in [1.29, 1.82) is 0 Å². The van der Waals surface area contributed by atoms with Gasteiger partial charge in [-0.2, -0.15) is 0 Å². The van der Waals surface area contributed by atoms with Crippen LogP contribution in [0, 0.1) is 5.82 Å². The lowest BCUT2D eigenvalue weighted by atomic mass is 9.93. The second-order valence-corrected chi connectivity index (χ2v) is 6.70. The maximum Gasteiger partial charge on any atom is 0.259 e. The van der Waals surface area contributed by atoms with Crippen LogP contribution in [0.1, 0.15) is 31.8 Å². The Morgan fingerprint density at radius 1 is 1.10 bits per heavy atom. The van der Waals surface area contributed by atoms with E-state index in [2.05, 4.69) is 15.6 Å². The van der Waals surface area contributed by atoms with Crippen LogP contribution in [-0.4, -0.2) is 22.6 Å². The van der Waals surface area contributed by atoms with Crippen molar-refractivity contribution in [3.63, 3.8) is 0 Å². The van der Waals surface area contributed by atoms with Crippen LogP contribution in [0.4, 0.5) is 10.1 Å².